The van der Waals surface area contributed by atoms with Crippen LogP contribution in [0.2, 0.25) is 0 Å². The molecule has 0 bridgehead atoms. The van der Waals surface area contributed by atoms with E-state index < -0.39 is 29.1 Å². The fourth-order valence-corrected chi connectivity index (χ4v) is 7.17. The van der Waals surface area contributed by atoms with Crippen LogP contribution >= 0.6 is 0 Å². The molecule has 0 fully saturated rings. The number of para-hydroxylation sites is 2. The van der Waals surface area contributed by atoms with Crippen molar-refractivity contribution in [1.29, 1.82) is 0 Å². The third-order valence-corrected chi connectivity index (χ3v) is 9.23. The molecule has 4 heterocycles. The number of imide groups is 1. The molecule has 3 aliphatic rings. The molecular weight excluding hydrogens is 634 g/mol. The lowest BCUT2D eigenvalue weighted by atomic mass is 9.92. The maximum absolute atomic E-state index is 14.0. The molecule has 0 saturated carbocycles. The average Bonchev–Trinajstić information content (AvgIpc) is 3.64. The highest BCUT2D eigenvalue weighted by Crippen LogP contribution is 2.46. The summed E-state index contributed by atoms with van der Waals surface area (Å²) in [6, 6.07) is 12.9. The van der Waals surface area contributed by atoms with E-state index in [0.29, 0.717) is 36.3 Å². The van der Waals surface area contributed by atoms with Gasteiger partial charge in [-0.15, -0.1) is 0 Å². The van der Waals surface area contributed by atoms with Crippen molar-refractivity contribution in [2.45, 2.75) is 84.5 Å². The molecule has 6 rings (SSSR count). The second kappa shape index (κ2) is 13.0. The number of carbonyl (C=O) groups is 4. The highest BCUT2D eigenvalue weighted by molar-refractivity contribution is 6.48. The molecule has 3 aliphatic heterocycles. The molecule has 11 nitrogen and oxygen atoms in total. The van der Waals surface area contributed by atoms with Crippen molar-refractivity contribution in [3.8, 4) is 0 Å². The summed E-state index contributed by atoms with van der Waals surface area (Å²) in [7, 11) is 1.73. The van der Waals surface area contributed by atoms with E-state index in [2.05, 4.69) is 10.3 Å². The zero-order valence-electron chi connectivity index (χ0n) is 29.9. The van der Waals surface area contributed by atoms with Gasteiger partial charge in [0.05, 0.1) is 35.2 Å². The van der Waals surface area contributed by atoms with Crippen molar-refractivity contribution < 1.29 is 28.7 Å². The number of rotatable bonds is 9. The van der Waals surface area contributed by atoms with Gasteiger partial charge in [0, 0.05) is 48.2 Å². The molecule has 2 aromatic carbocycles. The summed E-state index contributed by atoms with van der Waals surface area (Å²) in [4.78, 5) is 63.2. The van der Waals surface area contributed by atoms with Gasteiger partial charge >= 0.3 is 12.1 Å². The first-order valence-corrected chi connectivity index (χ1v) is 17.2. The Morgan fingerprint density at radius 3 is 2.36 bits per heavy atom. The number of fused-ring (bicyclic) bond motifs is 1. The van der Waals surface area contributed by atoms with E-state index in [9.17, 15) is 19.2 Å². The number of quaternary nitrogens is 1. The molecule has 0 saturated heterocycles. The van der Waals surface area contributed by atoms with Gasteiger partial charge in [-0.25, -0.2) is 14.6 Å². The zero-order chi connectivity index (χ0) is 36.0. The minimum atomic E-state index is -0.691. The van der Waals surface area contributed by atoms with Gasteiger partial charge in [0.25, 0.3) is 11.8 Å². The maximum atomic E-state index is 14.0. The van der Waals surface area contributed by atoms with Gasteiger partial charge in [0.15, 0.2) is 5.69 Å². The molecule has 2 N–H and O–H groups in total. The van der Waals surface area contributed by atoms with Gasteiger partial charge < -0.3 is 19.4 Å². The summed E-state index contributed by atoms with van der Waals surface area (Å²) in [6.07, 6.45) is 7.69. The number of hydrogen-bond donors (Lipinski definition) is 2. The lowest BCUT2D eigenvalue weighted by molar-refractivity contribution is -0.159. The van der Waals surface area contributed by atoms with Gasteiger partial charge in [-0.3, -0.25) is 19.4 Å². The van der Waals surface area contributed by atoms with E-state index in [1.165, 1.54) is 0 Å². The van der Waals surface area contributed by atoms with Gasteiger partial charge in [-0.1, -0.05) is 30.3 Å². The SMILES string of the molecule is CN(CCCCC[N@@+]12C=CN=C(C3=C(c4c[nH]c5ccccc45)C(=O)NC3=O)c3cccc(c31)CC2C(=O)OC(C)(C)C)C(=O)OC(C)(C)C. The number of aliphatic imine (C=N–C) groups is 1. The van der Waals surface area contributed by atoms with E-state index in [0.717, 1.165) is 41.4 Å². The fourth-order valence-electron chi connectivity index (χ4n) is 7.17. The van der Waals surface area contributed by atoms with Crippen LogP contribution in [-0.4, -0.2) is 76.9 Å². The van der Waals surface area contributed by atoms with Gasteiger partial charge in [-0.2, -0.15) is 0 Å². The van der Waals surface area contributed by atoms with Crippen molar-refractivity contribution in [1.82, 2.24) is 19.7 Å². The molecule has 3 aromatic rings. The number of unbranched alkanes of at least 4 members (excludes halogenated alkanes) is 2. The molecule has 1 aromatic heterocycles. The van der Waals surface area contributed by atoms with Crippen molar-refractivity contribution in [3.63, 3.8) is 0 Å². The van der Waals surface area contributed by atoms with E-state index in [-0.39, 0.29) is 27.7 Å². The quantitative estimate of drug-likeness (QED) is 0.121. The van der Waals surface area contributed by atoms with Crippen LogP contribution in [0, 0.1) is 0 Å². The van der Waals surface area contributed by atoms with Crippen LogP contribution in [0.25, 0.3) is 16.5 Å². The minimum absolute atomic E-state index is 0.167. The highest BCUT2D eigenvalue weighted by atomic mass is 16.6. The Kier molecular flexibility index (Phi) is 9.07. The summed E-state index contributed by atoms with van der Waals surface area (Å²) in [5.74, 6) is -1.32. The first kappa shape index (κ1) is 34.8. The van der Waals surface area contributed by atoms with E-state index in [1.807, 2.05) is 90.2 Å². The Morgan fingerprint density at radius 1 is 0.900 bits per heavy atom. The fraction of sp³-hybridized carbons (Fsp3) is 0.410. The number of H-pyrrole nitrogens is 1. The van der Waals surface area contributed by atoms with Crippen LogP contribution in [0.5, 0.6) is 0 Å². The van der Waals surface area contributed by atoms with Crippen LogP contribution in [-0.2, 0) is 30.3 Å². The normalized spacial score (nSPS) is 20.1. The summed E-state index contributed by atoms with van der Waals surface area (Å²) in [5.41, 5.74) is 3.56. The number of aromatic amines is 1. The van der Waals surface area contributed by atoms with Crippen molar-refractivity contribution in [3.05, 3.63) is 83.3 Å². The Balaban J connectivity index is 1.37. The van der Waals surface area contributed by atoms with Gasteiger partial charge in [-0.05, 0) is 72.9 Å². The molecule has 3 amide bonds. The predicted octanol–water partition coefficient (Wildman–Crippen LogP) is 6.16. The molecular formula is C39H46N5O6+. The Labute approximate surface area is 292 Å². The smallest absolute Gasteiger partial charge is 0.410 e. The van der Waals surface area contributed by atoms with E-state index >= 15 is 0 Å². The number of esters is 1. The van der Waals surface area contributed by atoms with Crippen LogP contribution in [0.3, 0.4) is 0 Å². The average molecular weight is 681 g/mol. The number of nitrogens with zero attached hydrogens (tertiary/aromatic N) is 3. The molecule has 50 heavy (non-hydrogen) atoms. The van der Waals surface area contributed by atoms with Crippen LogP contribution in [0.15, 0.2) is 71.6 Å². The number of carbonyl (C=O) groups excluding carboxylic acids is 4. The van der Waals surface area contributed by atoms with Crippen molar-refractivity contribution >= 4 is 51.8 Å². The van der Waals surface area contributed by atoms with Crippen LogP contribution in [0.1, 0.15) is 77.5 Å². The zero-order valence-corrected chi connectivity index (χ0v) is 29.9. The number of nitrogens with one attached hydrogen (secondary N) is 2. The Morgan fingerprint density at radius 2 is 1.62 bits per heavy atom. The molecule has 1 unspecified atom stereocenters. The highest BCUT2D eigenvalue weighted by Gasteiger charge is 2.54. The van der Waals surface area contributed by atoms with E-state index in [4.69, 9.17) is 14.5 Å². The second-order valence-electron chi connectivity index (χ2n) is 15.2. The summed E-state index contributed by atoms with van der Waals surface area (Å²) < 4.78 is 11.7. The number of hydrogen-bond acceptors (Lipinski definition) is 7. The molecule has 262 valence electrons. The standard InChI is InChI=1S/C39H45N5O6/c1-38(2,3)49-36(47)29-22-24-14-13-16-26-32(31-30(34(45)42-35(31)46)27-23-41-28-17-10-9-15-25(27)28)40-18-21-44(29,33(24)26)20-12-8-11-19-43(7)37(48)50-39(4,5)6/h9-10,13-18,21,23,29H,8,11-12,19-20,22H2,1-7H3,(H-,40,41,42,45,46)/p+1/t29?,44-/m0/s1. The minimum Gasteiger partial charge on any atom is -0.456 e. The van der Waals surface area contributed by atoms with Crippen LogP contribution in [0.4, 0.5) is 10.5 Å². The molecule has 11 heteroatoms. The molecule has 2 atom stereocenters. The van der Waals surface area contributed by atoms with Gasteiger partial charge in [0.1, 0.15) is 17.4 Å². The second-order valence-corrected chi connectivity index (χ2v) is 15.2. The first-order valence-electron chi connectivity index (χ1n) is 17.2. The van der Waals surface area contributed by atoms with Crippen LogP contribution < -0.4 is 9.80 Å². The third kappa shape index (κ3) is 6.61. The number of ether oxygens (including phenoxy) is 2. The third-order valence-electron chi connectivity index (χ3n) is 9.23. The number of aromatic nitrogens is 1. The molecule has 0 radical (unpaired) electrons. The number of benzene rings is 2. The summed E-state index contributed by atoms with van der Waals surface area (Å²) >= 11 is 0. The van der Waals surface area contributed by atoms with Gasteiger partial charge in [0.2, 0.25) is 6.04 Å². The first-order chi connectivity index (χ1) is 23.6. The Hall–Kier alpha value is -5.03. The van der Waals surface area contributed by atoms with Crippen molar-refractivity contribution in [2.75, 3.05) is 20.1 Å². The maximum Gasteiger partial charge on any atom is 0.410 e. The molecule has 0 spiro atoms. The summed E-state index contributed by atoms with van der Waals surface area (Å²) in [6.45, 7) is 12.2. The molecule has 0 aliphatic carbocycles. The van der Waals surface area contributed by atoms with Crippen molar-refractivity contribution in [2.24, 2.45) is 4.99 Å². The predicted molar refractivity (Wildman–Crippen MR) is 193 cm³/mol. The Bertz CT molecular complexity index is 1970. The lowest BCUT2D eigenvalue weighted by Gasteiger charge is -2.37. The largest absolute Gasteiger partial charge is 0.456 e. The van der Waals surface area contributed by atoms with E-state index in [1.54, 1.807) is 24.3 Å². The lowest BCUT2D eigenvalue weighted by Crippen LogP contribution is -2.56. The monoisotopic (exact) mass is 680 g/mol. The topological polar surface area (TPSA) is 130 Å². The number of amides is 3. The summed E-state index contributed by atoms with van der Waals surface area (Å²) in [5, 5.41) is 3.33.